The van der Waals surface area contributed by atoms with Gasteiger partial charge < -0.3 is 16.2 Å². The molecule has 2 aromatic rings. The number of hydrogen-bond acceptors (Lipinski definition) is 6. The summed E-state index contributed by atoms with van der Waals surface area (Å²) in [6.07, 6.45) is 5.13. The molecule has 2 aliphatic rings. The molecule has 0 amide bonds. The quantitative estimate of drug-likeness (QED) is 0.848. The van der Waals surface area contributed by atoms with Crippen LogP contribution in [0.1, 0.15) is 37.7 Å². The molecule has 1 aliphatic heterocycles. The van der Waals surface area contributed by atoms with Crippen LogP contribution in [0.4, 0.5) is 10.1 Å². The molecule has 4 rings (SSSR count). The highest BCUT2D eigenvalue weighted by atomic mass is 19.1. The molecule has 0 saturated heterocycles. The summed E-state index contributed by atoms with van der Waals surface area (Å²) in [5.41, 5.74) is 13.4. The normalized spacial score (nSPS) is 18.5. The molecule has 28 heavy (non-hydrogen) atoms. The third kappa shape index (κ3) is 3.65. The Bertz CT molecular complexity index is 903. The van der Waals surface area contributed by atoms with Crippen molar-refractivity contribution < 1.29 is 9.13 Å². The van der Waals surface area contributed by atoms with Gasteiger partial charge in [-0.15, -0.1) is 0 Å². The minimum Gasteiger partial charge on any atom is -0.489 e. The SMILES string of the molecule is NC1=NC2(CCCCC2)N(c2ccc(OCc3cccc(F)c3)cc2)C(N)=N1. The van der Waals surface area contributed by atoms with Crippen LogP contribution in [0.3, 0.4) is 0 Å². The van der Waals surface area contributed by atoms with Gasteiger partial charge in [0, 0.05) is 5.69 Å². The number of rotatable bonds is 4. The second-order valence-electron chi connectivity index (χ2n) is 7.23. The number of nitrogens with zero attached hydrogens (tertiary/aromatic N) is 3. The average Bonchev–Trinajstić information content (AvgIpc) is 2.67. The first kappa shape index (κ1) is 18.3. The molecule has 0 unspecified atom stereocenters. The Hall–Kier alpha value is -3.09. The molecule has 1 heterocycles. The number of guanidine groups is 2. The van der Waals surface area contributed by atoms with Gasteiger partial charge in [0.15, 0.2) is 0 Å². The van der Waals surface area contributed by atoms with E-state index in [4.69, 9.17) is 16.2 Å². The van der Waals surface area contributed by atoms with Crippen molar-refractivity contribution in [1.29, 1.82) is 0 Å². The Morgan fingerprint density at radius 2 is 1.79 bits per heavy atom. The van der Waals surface area contributed by atoms with Crippen molar-refractivity contribution in [1.82, 2.24) is 0 Å². The van der Waals surface area contributed by atoms with Gasteiger partial charge in [0.25, 0.3) is 0 Å². The number of aliphatic imine (C=N–C) groups is 2. The van der Waals surface area contributed by atoms with Gasteiger partial charge in [-0.05, 0) is 67.6 Å². The Morgan fingerprint density at radius 3 is 2.50 bits per heavy atom. The molecule has 1 saturated carbocycles. The first-order chi connectivity index (χ1) is 13.6. The summed E-state index contributed by atoms with van der Waals surface area (Å²) < 4.78 is 19.1. The van der Waals surface area contributed by atoms with Crippen LogP contribution in [0, 0.1) is 5.82 Å². The molecule has 1 fully saturated rings. The second kappa shape index (κ2) is 7.50. The summed E-state index contributed by atoms with van der Waals surface area (Å²) in [7, 11) is 0. The van der Waals surface area contributed by atoms with Crippen molar-refractivity contribution in [2.24, 2.45) is 21.5 Å². The van der Waals surface area contributed by atoms with Crippen molar-refractivity contribution >= 4 is 17.6 Å². The Labute approximate surface area is 163 Å². The molecule has 1 spiro atoms. The third-order valence-corrected chi connectivity index (χ3v) is 5.24. The summed E-state index contributed by atoms with van der Waals surface area (Å²) >= 11 is 0. The van der Waals surface area contributed by atoms with E-state index < -0.39 is 5.66 Å². The van der Waals surface area contributed by atoms with Crippen molar-refractivity contribution in [3.63, 3.8) is 0 Å². The van der Waals surface area contributed by atoms with Crippen LogP contribution in [-0.2, 0) is 6.61 Å². The maximum absolute atomic E-state index is 13.3. The van der Waals surface area contributed by atoms with Crippen LogP contribution in [0.25, 0.3) is 0 Å². The van der Waals surface area contributed by atoms with Gasteiger partial charge in [0.05, 0.1) is 0 Å². The molecule has 6 nitrogen and oxygen atoms in total. The number of halogens is 1. The molecule has 0 bridgehead atoms. The lowest BCUT2D eigenvalue weighted by Gasteiger charge is -2.45. The first-order valence-electron chi connectivity index (χ1n) is 9.53. The van der Waals surface area contributed by atoms with E-state index in [9.17, 15) is 4.39 Å². The van der Waals surface area contributed by atoms with Crippen LogP contribution in [0.2, 0.25) is 0 Å². The fraction of sp³-hybridized carbons (Fsp3) is 0.333. The lowest BCUT2D eigenvalue weighted by atomic mass is 9.87. The molecule has 146 valence electrons. The lowest BCUT2D eigenvalue weighted by molar-refractivity contribution is 0.302. The van der Waals surface area contributed by atoms with E-state index in [0.717, 1.165) is 36.9 Å². The van der Waals surface area contributed by atoms with E-state index in [2.05, 4.69) is 9.98 Å². The maximum atomic E-state index is 13.3. The highest BCUT2D eigenvalue weighted by molar-refractivity contribution is 6.05. The van der Waals surface area contributed by atoms with Crippen LogP contribution in [0.5, 0.6) is 5.75 Å². The van der Waals surface area contributed by atoms with Gasteiger partial charge in [-0.2, -0.15) is 4.99 Å². The van der Waals surface area contributed by atoms with E-state index in [1.54, 1.807) is 6.07 Å². The van der Waals surface area contributed by atoms with Gasteiger partial charge in [0.2, 0.25) is 11.9 Å². The summed E-state index contributed by atoms with van der Waals surface area (Å²) in [6.45, 7) is 0.301. The highest BCUT2D eigenvalue weighted by Crippen LogP contribution is 2.39. The Balaban J connectivity index is 1.53. The Morgan fingerprint density at radius 1 is 1.04 bits per heavy atom. The van der Waals surface area contributed by atoms with E-state index in [1.807, 2.05) is 35.2 Å². The molecule has 7 heteroatoms. The summed E-state index contributed by atoms with van der Waals surface area (Å²) in [6, 6.07) is 14.0. The zero-order chi connectivity index (χ0) is 19.6. The van der Waals surface area contributed by atoms with Crippen molar-refractivity contribution in [2.45, 2.75) is 44.4 Å². The molecule has 2 aromatic carbocycles. The highest BCUT2D eigenvalue weighted by Gasteiger charge is 2.42. The van der Waals surface area contributed by atoms with E-state index in [1.165, 1.54) is 18.6 Å². The molecular weight excluding hydrogens is 357 g/mol. The van der Waals surface area contributed by atoms with Crippen LogP contribution < -0.4 is 21.1 Å². The van der Waals surface area contributed by atoms with Crippen molar-refractivity contribution in [3.05, 3.63) is 59.9 Å². The van der Waals surface area contributed by atoms with E-state index in [-0.39, 0.29) is 11.8 Å². The fourth-order valence-electron chi connectivity index (χ4n) is 3.98. The zero-order valence-electron chi connectivity index (χ0n) is 15.6. The lowest BCUT2D eigenvalue weighted by Crippen LogP contribution is -2.58. The molecule has 4 N–H and O–H groups in total. The maximum Gasteiger partial charge on any atom is 0.220 e. The average molecular weight is 381 g/mol. The molecule has 0 radical (unpaired) electrons. The zero-order valence-corrected chi connectivity index (χ0v) is 15.6. The van der Waals surface area contributed by atoms with E-state index >= 15 is 0 Å². The number of ether oxygens (including phenoxy) is 1. The summed E-state index contributed by atoms with van der Waals surface area (Å²) in [4.78, 5) is 10.8. The number of hydrogen-bond donors (Lipinski definition) is 2. The van der Waals surface area contributed by atoms with E-state index in [0.29, 0.717) is 18.3 Å². The molecule has 0 aromatic heterocycles. The Kier molecular flexibility index (Phi) is 4.90. The van der Waals surface area contributed by atoms with Gasteiger partial charge in [-0.1, -0.05) is 18.6 Å². The summed E-state index contributed by atoms with van der Waals surface area (Å²) in [5.74, 6) is 1.03. The summed E-state index contributed by atoms with van der Waals surface area (Å²) in [5, 5.41) is 0. The monoisotopic (exact) mass is 381 g/mol. The van der Waals surface area contributed by atoms with Crippen molar-refractivity contribution in [3.8, 4) is 5.75 Å². The van der Waals surface area contributed by atoms with Gasteiger partial charge in [-0.3, -0.25) is 4.90 Å². The molecular formula is C21H24FN5O. The number of nitrogens with two attached hydrogens (primary N) is 2. The molecule has 1 aliphatic carbocycles. The van der Waals surface area contributed by atoms with Gasteiger partial charge >= 0.3 is 0 Å². The first-order valence-corrected chi connectivity index (χ1v) is 9.53. The topological polar surface area (TPSA) is 89.2 Å². The van der Waals surface area contributed by atoms with Gasteiger partial charge in [0.1, 0.15) is 23.8 Å². The third-order valence-electron chi connectivity index (χ3n) is 5.24. The molecule has 0 atom stereocenters. The van der Waals surface area contributed by atoms with Crippen molar-refractivity contribution in [2.75, 3.05) is 4.90 Å². The standard InChI is InChI=1S/C21H24FN5O/c22-16-6-4-5-15(13-16)14-28-18-9-7-17(8-10-18)27-20(24)25-19(23)26-21(27)11-2-1-3-12-21/h4-10,13H,1-3,11-12,14H2,(H4,23,24,25,26). The van der Waals surface area contributed by atoms with Gasteiger partial charge in [-0.25, -0.2) is 9.38 Å². The number of benzene rings is 2. The minimum atomic E-state index is -0.460. The van der Waals surface area contributed by atoms with Crippen LogP contribution in [-0.4, -0.2) is 17.6 Å². The fourth-order valence-corrected chi connectivity index (χ4v) is 3.98. The van der Waals surface area contributed by atoms with Crippen LogP contribution in [0.15, 0.2) is 58.5 Å². The predicted octanol–water partition coefficient (Wildman–Crippen LogP) is 3.51. The smallest absolute Gasteiger partial charge is 0.220 e. The van der Waals surface area contributed by atoms with Crippen LogP contribution >= 0.6 is 0 Å². The predicted molar refractivity (Wildman–Crippen MR) is 109 cm³/mol. The number of anilines is 1. The largest absolute Gasteiger partial charge is 0.489 e. The minimum absolute atomic E-state index is 0.241. The second-order valence-corrected chi connectivity index (χ2v) is 7.23.